The van der Waals surface area contributed by atoms with E-state index >= 15 is 0 Å². The largest absolute Gasteiger partial charge is 0.444 e. The van der Waals surface area contributed by atoms with Crippen LogP contribution in [0.4, 0.5) is 4.79 Å². The zero-order chi connectivity index (χ0) is 17.3. The van der Waals surface area contributed by atoms with Gasteiger partial charge in [0, 0.05) is 13.1 Å². The third-order valence-corrected chi connectivity index (χ3v) is 4.74. The Balaban J connectivity index is 1.83. The van der Waals surface area contributed by atoms with Gasteiger partial charge in [0.25, 0.3) is 10.0 Å². The standard InChI is InChI=1S/C15H23N3O4S/c1-11-7-5-6-8-13(11)23(20,21)17-16-12-9-18(10-12)14(19)22-15(2,3)4/h5-8,12,16-17H,9-10H2,1-4H3. The molecule has 1 aromatic rings. The van der Waals surface area contributed by atoms with Crippen LogP contribution in [0.5, 0.6) is 0 Å². The van der Waals surface area contributed by atoms with Crippen LogP contribution in [-0.2, 0) is 14.8 Å². The third-order valence-electron chi connectivity index (χ3n) is 3.31. The molecule has 0 atom stereocenters. The fourth-order valence-electron chi connectivity index (χ4n) is 2.12. The first-order valence-corrected chi connectivity index (χ1v) is 8.88. The number of aryl methyl sites for hydroxylation is 1. The molecular weight excluding hydrogens is 318 g/mol. The van der Waals surface area contributed by atoms with Crippen molar-refractivity contribution >= 4 is 16.1 Å². The molecule has 0 unspecified atom stereocenters. The molecule has 128 valence electrons. The van der Waals surface area contributed by atoms with Gasteiger partial charge in [0.15, 0.2) is 0 Å². The van der Waals surface area contributed by atoms with Crippen molar-refractivity contribution in [1.29, 1.82) is 0 Å². The van der Waals surface area contributed by atoms with E-state index in [2.05, 4.69) is 10.3 Å². The first-order chi connectivity index (χ1) is 10.6. The molecule has 0 spiro atoms. The summed E-state index contributed by atoms with van der Waals surface area (Å²) in [6.07, 6.45) is -0.391. The zero-order valence-corrected chi connectivity index (χ0v) is 14.6. The average molecular weight is 341 g/mol. The molecule has 8 heteroatoms. The molecule has 0 saturated carbocycles. The fourth-order valence-corrected chi connectivity index (χ4v) is 3.30. The first kappa shape index (κ1) is 17.7. The van der Waals surface area contributed by atoms with E-state index in [4.69, 9.17) is 4.74 Å². The summed E-state index contributed by atoms with van der Waals surface area (Å²) >= 11 is 0. The maximum atomic E-state index is 12.2. The molecule has 1 aromatic carbocycles. The number of nitrogens with zero attached hydrogens (tertiary/aromatic N) is 1. The van der Waals surface area contributed by atoms with Crippen LogP contribution in [0.1, 0.15) is 26.3 Å². The van der Waals surface area contributed by atoms with Gasteiger partial charge in [-0.25, -0.2) is 18.6 Å². The highest BCUT2D eigenvalue weighted by Crippen LogP contribution is 2.16. The van der Waals surface area contributed by atoms with Gasteiger partial charge >= 0.3 is 6.09 Å². The lowest BCUT2D eigenvalue weighted by Gasteiger charge is -2.39. The van der Waals surface area contributed by atoms with Crippen molar-refractivity contribution in [1.82, 2.24) is 15.2 Å². The van der Waals surface area contributed by atoms with Gasteiger partial charge in [0.2, 0.25) is 0 Å². The number of rotatable bonds is 4. The molecule has 1 heterocycles. The molecule has 1 aliphatic heterocycles. The van der Waals surface area contributed by atoms with Gasteiger partial charge in [0.1, 0.15) is 5.60 Å². The summed E-state index contributed by atoms with van der Waals surface area (Å²) < 4.78 is 29.7. The van der Waals surface area contributed by atoms with Gasteiger partial charge in [-0.3, -0.25) is 0 Å². The van der Waals surface area contributed by atoms with E-state index in [0.29, 0.717) is 18.7 Å². The van der Waals surface area contributed by atoms with Crippen LogP contribution in [-0.4, -0.2) is 44.1 Å². The van der Waals surface area contributed by atoms with E-state index in [1.165, 1.54) is 4.90 Å². The zero-order valence-electron chi connectivity index (χ0n) is 13.8. The van der Waals surface area contributed by atoms with Crippen LogP contribution in [0.25, 0.3) is 0 Å². The van der Waals surface area contributed by atoms with Gasteiger partial charge in [-0.2, -0.15) is 0 Å². The van der Waals surface area contributed by atoms with Crippen LogP contribution in [0.3, 0.4) is 0 Å². The molecule has 7 nitrogen and oxygen atoms in total. The monoisotopic (exact) mass is 341 g/mol. The minimum atomic E-state index is -3.62. The Morgan fingerprint density at radius 2 is 1.87 bits per heavy atom. The molecule has 0 aromatic heterocycles. The van der Waals surface area contributed by atoms with E-state index in [1.54, 1.807) is 52.0 Å². The van der Waals surface area contributed by atoms with Crippen molar-refractivity contribution < 1.29 is 17.9 Å². The lowest BCUT2D eigenvalue weighted by Crippen LogP contribution is -2.63. The molecule has 0 radical (unpaired) electrons. The Labute approximate surface area is 137 Å². The van der Waals surface area contributed by atoms with Crippen LogP contribution >= 0.6 is 0 Å². The smallest absolute Gasteiger partial charge is 0.410 e. The third kappa shape index (κ3) is 4.66. The number of nitrogens with one attached hydrogen (secondary N) is 2. The quantitative estimate of drug-likeness (QED) is 0.808. The van der Waals surface area contributed by atoms with Gasteiger partial charge in [-0.05, 0) is 39.3 Å². The highest BCUT2D eigenvalue weighted by molar-refractivity contribution is 7.89. The summed E-state index contributed by atoms with van der Waals surface area (Å²) in [6.45, 7) is 7.93. The van der Waals surface area contributed by atoms with Crippen LogP contribution < -0.4 is 10.3 Å². The molecule has 2 N–H and O–H groups in total. The predicted molar refractivity (Wildman–Crippen MR) is 86.2 cm³/mol. The highest BCUT2D eigenvalue weighted by atomic mass is 32.2. The van der Waals surface area contributed by atoms with Gasteiger partial charge in [-0.1, -0.05) is 18.2 Å². The Morgan fingerprint density at radius 1 is 1.26 bits per heavy atom. The average Bonchev–Trinajstić information content (AvgIpc) is 2.34. The van der Waals surface area contributed by atoms with Gasteiger partial charge in [0.05, 0.1) is 10.9 Å². The number of hydrogen-bond donors (Lipinski definition) is 2. The number of carbonyl (C=O) groups is 1. The summed E-state index contributed by atoms with van der Waals surface area (Å²) in [4.78, 5) is 15.9. The molecule has 0 aliphatic carbocycles. The number of sulfonamides is 1. The Hall–Kier alpha value is -1.64. The second kappa shape index (κ2) is 6.46. The number of amides is 1. The van der Waals surface area contributed by atoms with Crippen molar-refractivity contribution in [3.8, 4) is 0 Å². The Morgan fingerprint density at radius 3 is 2.43 bits per heavy atom. The van der Waals surface area contributed by atoms with Crippen molar-refractivity contribution in [3.63, 3.8) is 0 Å². The highest BCUT2D eigenvalue weighted by Gasteiger charge is 2.34. The van der Waals surface area contributed by atoms with E-state index in [-0.39, 0.29) is 10.9 Å². The van der Waals surface area contributed by atoms with Crippen LogP contribution in [0.15, 0.2) is 29.2 Å². The first-order valence-electron chi connectivity index (χ1n) is 7.39. The molecule has 23 heavy (non-hydrogen) atoms. The maximum absolute atomic E-state index is 12.2. The number of carbonyl (C=O) groups excluding carboxylic acids is 1. The summed E-state index contributed by atoms with van der Waals surface area (Å²) in [5, 5.41) is 0. The summed E-state index contributed by atoms with van der Waals surface area (Å²) in [5.41, 5.74) is 2.88. The summed E-state index contributed by atoms with van der Waals surface area (Å²) in [6, 6.07) is 6.61. The van der Waals surface area contributed by atoms with Crippen molar-refractivity contribution in [3.05, 3.63) is 29.8 Å². The number of likely N-dealkylation sites (tertiary alicyclic amines) is 1. The Bertz CT molecular complexity index is 676. The van der Waals surface area contributed by atoms with Crippen molar-refractivity contribution in [2.75, 3.05) is 13.1 Å². The number of benzene rings is 1. The molecule has 1 fully saturated rings. The number of ether oxygens (including phenoxy) is 1. The predicted octanol–water partition coefficient (Wildman–Crippen LogP) is 1.40. The SMILES string of the molecule is Cc1ccccc1S(=O)(=O)NNC1CN(C(=O)OC(C)(C)C)C1. The van der Waals surface area contributed by atoms with Crippen LogP contribution in [0.2, 0.25) is 0 Å². The Kier molecular flexibility index (Phi) is 4.98. The van der Waals surface area contributed by atoms with E-state index in [0.717, 1.165) is 0 Å². The minimum Gasteiger partial charge on any atom is -0.444 e. The van der Waals surface area contributed by atoms with E-state index in [1.807, 2.05) is 0 Å². The van der Waals surface area contributed by atoms with Crippen molar-refractivity contribution in [2.24, 2.45) is 0 Å². The summed E-state index contributed by atoms with van der Waals surface area (Å²) in [5.74, 6) is 0. The molecule has 1 amide bonds. The second-order valence-corrected chi connectivity index (χ2v) is 8.25. The molecular formula is C15H23N3O4S. The normalized spacial score (nSPS) is 16.1. The second-order valence-electron chi connectivity index (χ2n) is 6.60. The lowest BCUT2D eigenvalue weighted by atomic mass is 10.1. The minimum absolute atomic E-state index is 0.138. The van der Waals surface area contributed by atoms with Crippen molar-refractivity contribution in [2.45, 2.75) is 44.2 Å². The number of hydrazine groups is 1. The van der Waals surface area contributed by atoms with E-state index in [9.17, 15) is 13.2 Å². The topological polar surface area (TPSA) is 87.7 Å². The molecule has 1 aliphatic rings. The summed E-state index contributed by atoms with van der Waals surface area (Å²) in [7, 11) is -3.62. The molecule has 1 saturated heterocycles. The lowest BCUT2D eigenvalue weighted by molar-refractivity contribution is 0.00482. The van der Waals surface area contributed by atoms with E-state index < -0.39 is 21.7 Å². The maximum Gasteiger partial charge on any atom is 0.410 e. The van der Waals surface area contributed by atoms with Crippen LogP contribution in [0, 0.1) is 6.92 Å². The molecule has 2 rings (SSSR count). The van der Waals surface area contributed by atoms with Gasteiger partial charge in [-0.15, -0.1) is 4.83 Å². The molecule has 0 bridgehead atoms. The fraction of sp³-hybridized carbons (Fsp3) is 0.533. The number of hydrogen-bond acceptors (Lipinski definition) is 5. The van der Waals surface area contributed by atoms with Gasteiger partial charge < -0.3 is 9.64 Å².